The Kier molecular flexibility index (Phi) is 4.32. The number of benzene rings is 1. The van der Waals surface area contributed by atoms with Gasteiger partial charge in [0.05, 0.1) is 0 Å². The Bertz CT molecular complexity index is 639. The second-order valence-corrected chi connectivity index (χ2v) is 6.07. The molecule has 6 nitrogen and oxygen atoms in total. The van der Waals surface area contributed by atoms with Crippen molar-refractivity contribution in [3.05, 3.63) is 29.8 Å². The number of carbonyl (C=O) groups excluding carboxylic acids is 2. The van der Waals surface area contributed by atoms with E-state index in [1.165, 1.54) is 4.90 Å². The summed E-state index contributed by atoms with van der Waals surface area (Å²) in [4.78, 5) is 38.5. The zero-order valence-corrected chi connectivity index (χ0v) is 12.9. The first-order valence-electron chi connectivity index (χ1n) is 7.96. The molecular formula is C17H20N2O4. The summed E-state index contributed by atoms with van der Waals surface area (Å²) >= 11 is 0. The first-order valence-corrected chi connectivity index (χ1v) is 7.96. The van der Waals surface area contributed by atoms with Crippen LogP contribution < -0.4 is 4.90 Å². The van der Waals surface area contributed by atoms with Crippen molar-refractivity contribution >= 4 is 23.5 Å². The van der Waals surface area contributed by atoms with Crippen LogP contribution in [0, 0.1) is 0 Å². The average molecular weight is 316 g/mol. The average Bonchev–Trinajstić information content (AvgIpc) is 3.36. The van der Waals surface area contributed by atoms with Crippen LogP contribution in [0.2, 0.25) is 0 Å². The van der Waals surface area contributed by atoms with Crippen LogP contribution in [0.1, 0.15) is 31.2 Å². The van der Waals surface area contributed by atoms with E-state index in [9.17, 15) is 14.4 Å². The van der Waals surface area contributed by atoms with E-state index in [4.69, 9.17) is 5.11 Å². The molecule has 1 aliphatic carbocycles. The Hall–Kier alpha value is -2.37. The Morgan fingerprint density at radius 1 is 1.22 bits per heavy atom. The number of amides is 2. The van der Waals surface area contributed by atoms with Crippen molar-refractivity contribution in [1.29, 1.82) is 0 Å². The SMILES string of the molecule is O=C(O)CN(C(=O)CCN1C(=O)CCc2ccccc21)C1CC1. The maximum Gasteiger partial charge on any atom is 0.323 e. The molecule has 1 aliphatic heterocycles. The van der Waals surface area contributed by atoms with Crippen LogP contribution in [0.4, 0.5) is 5.69 Å². The lowest BCUT2D eigenvalue weighted by atomic mass is 10.0. The molecule has 0 atom stereocenters. The van der Waals surface area contributed by atoms with Gasteiger partial charge in [0.2, 0.25) is 11.8 Å². The topological polar surface area (TPSA) is 77.9 Å². The molecule has 2 amide bonds. The van der Waals surface area contributed by atoms with Crippen LogP contribution in [0.3, 0.4) is 0 Å². The number of carbonyl (C=O) groups is 3. The van der Waals surface area contributed by atoms with Crippen molar-refractivity contribution in [3.63, 3.8) is 0 Å². The molecule has 1 N–H and O–H groups in total. The molecule has 0 saturated heterocycles. The molecule has 0 bridgehead atoms. The highest BCUT2D eigenvalue weighted by molar-refractivity contribution is 5.97. The smallest absolute Gasteiger partial charge is 0.323 e. The monoisotopic (exact) mass is 316 g/mol. The lowest BCUT2D eigenvalue weighted by Crippen LogP contribution is -2.41. The maximum absolute atomic E-state index is 12.3. The summed E-state index contributed by atoms with van der Waals surface area (Å²) in [5, 5.41) is 8.94. The number of aliphatic carboxylic acids is 1. The van der Waals surface area contributed by atoms with Gasteiger partial charge < -0.3 is 14.9 Å². The van der Waals surface area contributed by atoms with Crippen molar-refractivity contribution in [2.24, 2.45) is 0 Å². The summed E-state index contributed by atoms with van der Waals surface area (Å²) in [5.41, 5.74) is 1.98. The van der Waals surface area contributed by atoms with Gasteiger partial charge in [0.15, 0.2) is 0 Å². The molecule has 0 unspecified atom stereocenters. The van der Waals surface area contributed by atoms with E-state index in [1.54, 1.807) is 4.90 Å². The number of carboxylic acid groups (broad SMARTS) is 1. The lowest BCUT2D eigenvalue weighted by Gasteiger charge is -2.30. The summed E-state index contributed by atoms with van der Waals surface area (Å²) in [6.45, 7) is 0.0472. The largest absolute Gasteiger partial charge is 0.480 e. The van der Waals surface area contributed by atoms with E-state index in [0.717, 1.165) is 30.5 Å². The standard InChI is InChI=1S/C17H20N2O4/c20-15-8-5-12-3-1-2-4-14(12)18(15)10-9-16(21)19(11-17(22)23)13-6-7-13/h1-4,13H,5-11H2,(H,22,23). The van der Waals surface area contributed by atoms with E-state index < -0.39 is 5.97 Å². The molecule has 1 fully saturated rings. The summed E-state index contributed by atoms with van der Waals surface area (Å²) in [6, 6.07) is 7.78. The first-order chi connectivity index (χ1) is 11.1. The quantitative estimate of drug-likeness (QED) is 0.861. The predicted octanol–water partition coefficient (Wildman–Crippen LogP) is 1.43. The van der Waals surface area contributed by atoms with E-state index in [-0.39, 0.29) is 30.8 Å². The number of fused-ring (bicyclic) bond motifs is 1. The van der Waals surface area contributed by atoms with Gasteiger partial charge in [0.1, 0.15) is 6.54 Å². The molecule has 2 aliphatic rings. The molecular weight excluding hydrogens is 296 g/mol. The van der Waals surface area contributed by atoms with Gasteiger partial charge in [-0.1, -0.05) is 18.2 Å². The third-order valence-electron chi connectivity index (χ3n) is 4.35. The highest BCUT2D eigenvalue weighted by Crippen LogP contribution is 2.29. The van der Waals surface area contributed by atoms with Gasteiger partial charge in [-0.2, -0.15) is 0 Å². The van der Waals surface area contributed by atoms with Gasteiger partial charge in [-0.15, -0.1) is 0 Å². The Morgan fingerprint density at radius 2 is 1.96 bits per heavy atom. The molecule has 1 aromatic carbocycles. The molecule has 1 heterocycles. The van der Waals surface area contributed by atoms with Crippen molar-refractivity contribution in [2.45, 2.75) is 38.1 Å². The number of nitrogens with zero attached hydrogens (tertiary/aromatic N) is 2. The van der Waals surface area contributed by atoms with Gasteiger partial charge in [0.25, 0.3) is 0 Å². The van der Waals surface area contributed by atoms with E-state index in [2.05, 4.69) is 0 Å². The number of carboxylic acids is 1. The fourth-order valence-corrected chi connectivity index (χ4v) is 3.05. The van der Waals surface area contributed by atoms with E-state index >= 15 is 0 Å². The zero-order chi connectivity index (χ0) is 16.4. The molecule has 0 aromatic heterocycles. The Labute approximate surface area is 134 Å². The number of para-hydroxylation sites is 1. The van der Waals surface area contributed by atoms with Crippen molar-refractivity contribution in [1.82, 2.24) is 4.90 Å². The van der Waals surface area contributed by atoms with Gasteiger partial charge in [0, 0.05) is 31.1 Å². The van der Waals surface area contributed by atoms with Crippen LogP contribution >= 0.6 is 0 Å². The third kappa shape index (κ3) is 3.52. The summed E-state index contributed by atoms with van der Waals surface area (Å²) in [6.07, 6.45) is 3.07. The van der Waals surface area contributed by atoms with Crippen molar-refractivity contribution in [2.75, 3.05) is 18.0 Å². The summed E-state index contributed by atoms with van der Waals surface area (Å²) in [7, 11) is 0. The molecule has 0 radical (unpaired) electrons. The summed E-state index contributed by atoms with van der Waals surface area (Å²) < 4.78 is 0. The fraction of sp³-hybridized carbons (Fsp3) is 0.471. The molecule has 6 heteroatoms. The number of aryl methyl sites for hydroxylation is 1. The minimum absolute atomic E-state index is 0.0210. The van der Waals surface area contributed by atoms with Crippen molar-refractivity contribution in [3.8, 4) is 0 Å². The number of hydrogen-bond acceptors (Lipinski definition) is 3. The van der Waals surface area contributed by atoms with Crippen LogP contribution in [0.5, 0.6) is 0 Å². The first kappa shape index (κ1) is 15.5. The van der Waals surface area contributed by atoms with Crippen molar-refractivity contribution < 1.29 is 19.5 Å². The zero-order valence-electron chi connectivity index (χ0n) is 12.9. The molecule has 3 rings (SSSR count). The Balaban J connectivity index is 1.66. The number of rotatable bonds is 6. The second kappa shape index (κ2) is 6.40. The van der Waals surface area contributed by atoms with Crippen LogP contribution in [-0.2, 0) is 20.8 Å². The third-order valence-corrected chi connectivity index (χ3v) is 4.35. The normalized spacial score (nSPS) is 16.9. The van der Waals surface area contributed by atoms with Gasteiger partial charge in [-0.05, 0) is 30.9 Å². The number of anilines is 1. The van der Waals surface area contributed by atoms with Crippen LogP contribution in [0.15, 0.2) is 24.3 Å². The number of hydrogen-bond donors (Lipinski definition) is 1. The van der Waals surface area contributed by atoms with E-state index in [1.807, 2.05) is 24.3 Å². The fourth-order valence-electron chi connectivity index (χ4n) is 3.05. The van der Waals surface area contributed by atoms with Crippen LogP contribution in [-0.4, -0.2) is 46.9 Å². The maximum atomic E-state index is 12.3. The second-order valence-electron chi connectivity index (χ2n) is 6.07. The molecule has 1 aromatic rings. The molecule has 122 valence electrons. The van der Waals surface area contributed by atoms with Gasteiger partial charge in [-0.25, -0.2) is 0 Å². The van der Waals surface area contributed by atoms with Gasteiger partial charge >= 0.3 is 5.97 Å². The predicted molar refractivity (Wildman–Crippen MR) is 84.1 cm³/mol. The van der Waals surface area contributed by atoms with Gasteiger partial charge in [-0.3, -0.25) is 14.4 Å². The minimum atomic E-state index is -0.996. The highest BCUT2D eigenvalue weighted by atomic mass is 16.4. The van der Waals surface area contributed by atoms with E-state index in [0.29, 0.717) is 13.0 Å². The lowest BCUT2D eigenvalue weighted by molar-refractivity contribution is -0.144. The van der Waals surface area contributed by atoms with Crippen LogP contribution in [0.25, 0.3) is 0 Å². The molecule has 1 saturated carbocycles. The molecule has 0 spiro atoms. The Morgan fingerprint density at radius 3 is 2.65 bits per heavy atom. The molecule has 23 heavy (non-hydrogen) atoms. The summed E-state index contributed by atoms with van der Waals surface area (Å²) in [5.74, 6) is -1.16. The minimum Gasteiger partial charge on any atom is -0.480 e. The highest BCUT2D eigenvalue weighted by Gasteiger charge is 2.34.